The molecule has 0 aromatic carbocycles. The Kier molecular flexibility index (Phi) is 4.92. The highest BCUT2D eigenvalue weighted by atomic mass is 16.3. The zero-order chi connectivity index (χ0) is 16.1. The molecule has 0 spiro atoms. The Morgan fingerprint density at radius 3 is 2.91 bits per heavy atom. The number of hydrogen-bond donors (Lipinski definition) is 3. The van der Waals surface area contributed by atoms with Gasteiger partial charge in [-0.1, -0.05) is 0 Å². The van der Waals surface area contributed by atoms with Gasteiger partial charge in [0.1, 0.15) is 11.8 Å². The summed E-state index contributed by atoms with van der Waals surface area (Å²) in [7, 11) is 1.52. The van der Waals surface area contributed by atoms with Gasteiger partial charge in [0.2, 0.25) is 11.8 Å². The summed E-state index contributed by atoms with van der Waals surface area (Å²) in [6, 6.07) is 2.35. The lowest BCUT2D eigenvalue weighted by Crippen LogP contribution is -2.48. The molecule has 8 nitrogen and oxygen atoms in total. The topological polar surface area (TPSA) is 112 Å². The summed E-state index contributed by atoms with van der Waals surface area (Å²) in [5, 5.41) is 14.5. The number of likely N-dealkylation sites (N-methyl/N-ethyl adjacent to an activating group) is 1. The molecule has 8 heteroatoms. The summed E-state index contributed by atoms with van der Waals surface area (Å²) in [5.74, 6) is -1.44. The van der Waals surface area contributed by atoms with Gasteiger partial charge in [-0.15, -0.1) is 0 Å². The third-order valence-electron chi connectivity index (χ3n) is 3.52. The highest BCUT2D eigenvalue weighted by Crippen LogP contribution is 2.17. The lowest BCUT2D eigenvalue weighted by atomic mass is 10.2. The van der Waals surface area contributed by atoms with Gasteiger partial charge in [-0.05, 0) is 25.0 Å². The number of rotatable bonds is 4. The first-order chi connectivity index (χ1) is 10.5. The average Bonchev–Trinajstić information content (AvgIpc) is 3.01. The quantitative estimate of drug-likeness (QED) is 0.678. The van der Waals surface area contributed by atoms with Gasteiger partial charge in [-0.25, -0.2) is 4.98 Å². The number of carbonyl (C=O) groups excluding carboxylic acids is 3. The number of nitrogens with zero attached hydrogens (tertiary/aromatic N) is 2. The van der Waals surface area contributed by atoms with Crippen molar-refractivity contribution in [2.45, 2.75) is 18.9 Å². The van der Waals surface area contributed by atoms with E-state index in [9.17, 15) is 19.5 Å². The molecule has 118 valence electrons. The van der Waals surface area contributed by atoms with Crippen LogP contribution in [0, 0.1) is 0 Å². The van der Waals surface area contributed by atoms with Crippen LogP contribution in [0.3, 0.4) is 0 Å². The molecule has 1 unspecified atom stereocenters. The summed E-state index contributed by atoms with van der Waals surface area (Å²) >= 11 is 0. The lowest BCUT2D eigenvalue weighted by molar-refractivity contribution is -0.137. The zero-order valence-electron chi connectivity index (χ0n) is 12.2. The van der Waals surface area contributed by atoms with Crippen LogP contribution >= 0.6 is 0 Å². The fraction of sp³-hybridized carbons (Fsp3) is 0.429. The Bertz CT molecular complexity index is 590. The molecule has 1 atom stereocenters. The van der Waals surface area contributed by atoms with Gasteiger partial charge >= 0.3 is 0 Å². The van der Waals surface area contributed by atoms with E-state index in [4.69, 9.17) is 0 Å². The molecule has 2 rings (SSSR count). The van der Waals surface area contributed by atoms with Crippen LogP contribution < -0.4 is 10.6 Å². The molecule has 1 aromatic heterocycles. The summed E-state index contributed by atoms with van der Waals surface area (Å²) in [6.45, 7) is 0.240. The number of nitrogens with one attached hydrogen (secondary N) is 2. The molecule has 0 aliphatic carbocycles. The van der Waals surface area contributed by atoms with Crippen molar-refractivity contribution in [2.24, 2.45) is 0 Å². The second-order valence-electron chi connectivity index (χ2n) is 4.91. The molecule has 0 bridgehead atoms. The van der Waals surface area contributed by atoms with E-state index in [1.807, 2.05) is 0 Å². The minimum atomic E-state index is -0.637. The van der Waals surface area contributed by atoms with Gasteiger partial charge in [-0.2, -0.15) is 0 Å². The van der Waals surface area contributed by atoms with Gasteiger partial charge in [0, 0.05) is 19.8 Å². The van der Waals surface area contributed by atoms with E-state index in [0.717, 1.165) is 6.42 Å². The molecule has 1 aromatic rings. The van der Waals surface area contributed by atoms with Crippen molar-refractivity contribution >= 4 is 17.7 Å². The number of hydrogen-bond acceptors (Lipinski definition) is 5. The van der Waals surface area contributed by atoms with E-state index in [0.29, 0.717) is 13.0 Å². The van der Waals surface area contributed by atoms with E-state index in [-0.39, 0.29) is 29.8 Å². The molecule has 2 heterocycles. The van der Waals surface area contributed by atoms with Crippen LogP contribution in [0.4, 0.5) is 0 Å². The van der Waals surface area contributed by atoms with E-state index in [2.05, 4.69) is 15.6 Å². The number of amides is 3. The van der Waals surface area contributed by atoms with Crippen LogP contribution in [0.2, 0.25) is 0 Å². The van der Waals surface area contributed by atoms with Gasteiger partial charge in [0.15, 0.2) is 5.69 Å². The van der Waals surface area contributed by atoms with Crippen molar-refractivity contribution in [1.82, 2.24) is 20.5 Å². The van der Waals surface area contributed by atoms with Crippen LogP contribution in [-0.4, -0.2) is 58.9 Å². The Morgan fingerprint density at radius 1 is 1.45 bits per heavy atom. The molecule has 1 fully saturated rings. The third kappa shape index (κ3) is 3.33. The molecule has 1 aliphatic heterocycles. The smallest absolute Gasteiger partial charge is 0.274 e. The molecular formula is C14H18N4O4. The van der Waals surface area contributed by atoms with Crippen molar-refractivity contribution in [1.29, 1.82) is 0 Å². The molecule has 3 amide bonds. The predicted octanol–water partition coefficient (Wildman–Crippen LogP) is -0.746. The van der Waals surface area contributed by atoms with Crippen molar-refractivity contribution in [3.8, 4) is 5.75 Å². The standard InChI is InChI=1S/C14H18N4O4/c1-15-13(21)9-4-3-7-18(9)11(20)8-17-14(22)12-10(19)5-2-6-16-12/h2,5-6,9,19H,3-4,7-8H2,1H3,(H,15,21)(H,17,22). The van der Waals surface area contributed by atoms with Crippen molar-refractivity contribution in [3.63, 3.8) is 0 Å². The monoisotopic (exact) mass is 306 g/mol. The Labute approximate surface area is 127 Å². The molecule has 0 radical (unpaired) electrons. The molecule has 1 aliphatic rings. The summed E-state index contributed by atoms with van der Waals surface area (Å²) in [5.41, 5.74) is -0.139. The number of pyridine rings is 1. The van der Waals surface area contributed by atoms with Gasteiger partial charge in [0.05, 0.1) is 6.54 Å². The number of carbonyl (C=O) groups is 3. The minimum absolute atomic E-state index is 0.139. The summed E-state index contributed by atoms with van der Waals surface area (Å²) in [6.07, 6.45) is 2.73. The first kappa shape index (κ1) is 15.7. The van der Waals surface area contributed by atoms with Crippen molar-refractivity contribution in [3.05, 3.63) is 24.0 Å². The number of aromatic nitrogens is 1. The second-order valence-corrected chi connectivity index (χ2v) is 4.91. The fourth-order valence-electron chi connectivity index (χ4n) is 2.42. The first-order valence-corrected chi connectivity index (χ1v) is 6.98. The third-order valence-corrected chi connectivity index (χ3v) is 3.52. The molecule has 1 saturated heterocycles. The highest BCUT2D eigenvalue weighted by molar-refractivity contribution is 5.97. The second kappa shape index (κ2) is 6.88. The van der Waals surface area contributed by atoms with Crippen LogP contribution in [0.15, 0.2) is 18.3 Å². The Balaban J connectivity index is 1.94. The summed E-state index contributed by atoms with van der Waals surface area (Å²) in [4.78, 5) is 40.9. The SMILES string of the molecule is CNC(=O)C1CCCN1C(=O)CNC(=O)c1ncccc1O. The first-order valence-electron chi connectivity index (χ1n) is 6.98. The number of aromatic hydroxyl groups is 1. The van der Waals surface area contributed by atoms with E-state index in [1.54, 1.807) is 0 Å². The maximum atomic E-state index is 12.1. The van der Waals surface area contributed by atoms with Crippen LogP contribution in [0.5, 0.6) is 5.75 Å². The van der Waals surface area contributed by atoms with Gasteiger partial charge in [0.25, 0.3) is 5.91 Å². The Hall–Kier alpha value is -2.64. The van der Waals surface area contributed by atoms with Crippen LogP contribution in [-0.2, 0) is 9.59 Å². The largest absolute Gasteiger partial charge is 0.505 e. The van der Waals surface area contributed by atoms with Crippen LogP contribution in [0.25, 0.3) is 0 Å². The average molecular weight is 306 g/mol. The van der Waals surface area contributed by atoms with Gasteiger partial charge < -0.3 is 20.6 Å². The molecular weight excluding hydrogens is 288 g/mol. The number of likely N-dealkylation sites (tertiary alicyclic amines) is 1. The van der Waals surface area contributed by atoms with Gasteiger partial charge in [-0.3, -0.25) is 14.4 Å². The minimum Gasteiger partial charge on any atom is -0.505 e. The van der Waals surface area contributed by atoms with E-state index in [1.165, 1.54) is 30.3 Å². The predicted molar refractivity (Wildman–Crippen MR) is 77.0 cm³/mol. The lowest BCUT2D eigenvalue weighted by Gasteiger charge is -2.23. The van der Waals surface area contributed by atoms with E-state index >= 15 is 0 Å². The van der Waals surface area contributed by atoms with Crippen molar-refractivity contribution < 1.29 is 19.5 Å². The van der Waals surface area contributed by atoms with E-state index < -0.39 is 11.9 Å². The fourth-order valence-corrected chi connectivity index (χ4v) is 2.42. The highest BCUT2D eigenvalue weighted by Gasteiger charge is 2.33. The maximum absolute atomic E-state index is 12.1. The maximum Gasteiger partial charge on any atom is 0.274 e. The van der Waals surface area contributed by atoms with Crippen LogP contribution in [0.1, 0.15) is 23.3 Å². The molecule has 3 N–H and O–H groups in total. The molecule has 22 heavy (non-hydrogen) atoms. The molecule has 0 saturated carbocycles. The normalized spacial score (nSPS) is 17.1. The summed E-state index contributed by atoms with van der Waals surface area (Å²) < 4.78 is 0. The van der Waals surface area contributed by atoms with Crippen molar-refractivity contribution in [2.75, 3.05) is 20.1 Å². The Morgan fingerprint density at radius 2 is 2.23 bits per heavy atom. The zero-order valence-corrected chi connectivity index (χ0v) is 12.2.